The van der Waals surface area contributed by atoms with E-state index < -0.39 is 11.8 Å². The summed E-state index contributed by atoms with van der Waals surface area (Å²) in [4.78, 5) is 20.0. The third kappa shape index (κ3) is 6.96. The van der Waals surface area contributed by atoms with Crippen molar-refractivity contribution in [2.75, 3.05) is 13.7 Å². The highest BCUT2D eigenvalue weighted by Gasteiger charge is 2.33. The fraction of sp³-hybridized carbons (Fsp3) is 0.414. The molecule has 37 heavy (non-hydrogen) atoms. The van der Waals surface area contributed by atoms with Gasteiger partial charge in [-0.3, -0.25) is 9.79 Å². The van der Waals surface area contributed by atoms with Crippen molar-refractivity contribution in [3.05, 3.63) is 65.3 Å². The molecule has 2 aliphatic rings. The monoisotopic (exact) mass is 508 g/mol. The van der Waals surface area contributed by atoms with Crippen LogP contribution >= 0.6 is 0 Å². The van der Waals surface area contributed by atoms with Crippen molar-refractivity contribution < 1.29 is 28.5 Å². The van der Waals surface area contributed by atoms with Crippen molar-refractivity contribution in [1.82, 2.24) is 0 Å². The largest absolute Gasteiger partial charge is 0.497 e. The summed E-state index contributed by atoms with van der Waals surface area (Å²) in [7, 11) is 1.51. The zero-order valence-electron chi connectivity index (χ0n) is 21.3. The van der Waals surface area contributed by atoms with Crippen LogP contribution in [0.25, 0.3) is 5.70 Å². The van der Waals surface area contributed by atoms with Crippen LogP contribution in [0.1, 0.15) is 62.5 Å². The number of carboxylic acid groups (broad SMARTS) is 1. The third-order valence-corrected chi connectivity index (χ3v) is 6.73. The predicted molar refractivity (Wildman–Crippen MR) is 141 cm³/mol. The Morgan fingerprint density at radius 1 is 1.16 bits per heavy atom. The molecule has 0 aliphatic heterocycles. The molecule has 0 bridgehead atoms. The van der Waals surface area contributed by atoms with Crippen molar-refractivity contribution in [3.8, 4) is 11.5 Å². The molecule has 0 aromatic heterocycles. The van der Waals surface area contributed by atoms with Crippen LogP contribution in [0.4, 0.5) is 4.39 Å². The lowest BCUT2D eigenvalue weighted by Crippen LogP contribution is -2.22. The molecular formula is C29H33FN2O5. The molecule has 0 radical (unpaired) electrons. The quantitative estimate of drug-likeness (QED) is 0.256. The number of benzene rings is 2. The number of carboxylic acids is 1. The first-order valence-electron chi connectivity index (χ1n) is 12.6. The molecule has 1 N–H and O–H groups in total. The average Bonchev–Trinajstić information content (AvgIpc) is 3.70. The highest BCUT2D eigenvalue weighted by atomic mass is 19.1. The second-order valence-corrected chi connectivity index (χ2v) is 9.58. The molecule has 4 rings (SSSR count). The van der Waals surface area contributed by atoms with Crippen LogP contribution in [-0.4, -0.2) is 43.3 Å². The van der Waals surface area contributed by atoms with Gasteiger partial charge in [-0.05, 0) is 93.5 Å². The van der Waals surface area contributed by atoms with E-state index in [9.17, 15) is 14.3 Å². The van der Waals surface area contributed by atoms with Gasteiger partial charge >= 0.3 is 5.97 Å². The summed E-state index contributed by atoms with van der Waals surface area (Å²) in [5.41, 5.74) is 1.97. The summed E-state index contributed by atoms with van der Waals surface area (Å²) in [6.07, 6.45) is 5.06. The van der Waals surface area contributed by atoms with Gasteiger partial charge in [0.05, 0.1) is 19.2 Å². The number of aliphatic imine (C=N–C) groups is 2. The number of hydrogen-bond donors (Lipinski definition) is 1. The van der Waals surface area contributed by atoms with E-state index >= 15 is 0 Å². The Balaban J connectivity index is 1.55. The molecule has 0 saturated heterocycles. The summed E-state index contributed by atoms with van der Waals surface area (Å²) in [5, 5.41) is 9.32. The Kier molecular flexibility index (Phi) is 8.58. The molecule has 2 fully saturated rings. The van der Waals surface area contributed by atoms with Gasteiger partial charge < -0.3 is 19.3 Å². The van der Waals surface area contributed by atoms with E-state index in [0.29, 0.717) is 23.1 Å². The second-order valence-electron chi connectivity index (χ2n) is 9.58. The highest BCUT2D eigenvalue weighted by molar-refractivity contribution is 5.85. The molecule has 7 nitrogen and oxygen atoms in total. The number of aliphatic carboxylic acids is 1. The minimum Gasteiger partial charge on any atom is -0.497 e. The van der Waals surface area contributed by atoms with Crippen molar-refractivity contribution in [1.29, 1.82) is 0 Å². The first-order chi connectivity index (χ1) is 17.9. The fourth-order valence-corrected chi connectivity index (χ4v) is 4.33. The van der Waals surface area contributed by atoms with Gasteiger partial charge in [0.1, 0.15) is 35.7 Å². The van der Waals surface area contributed by atoms with E-state index in [-0.39, 0.29) is 42.2 Å². The fourth-order valence-electron chi connectivity index (χ4n) is 4.33. The number of methoxy groups -OCH3 is 1. The topological polar surface area (TPSA) is 89.7 Å². The van der Waals surface area contributed by atoms with Crippen LogP contribution in [-0.2, 0) is 9.53 Å². The molecule has 0 amide bonds. The molecule has 8 heteroatoms. The lowest BCUT2D eigenvalue weighted by atomic mass is 9.91. The third-order valence-electron chi connectivity index (χ3n) is 6.73. The number of halogens is 1. The van der Waals surface area contributed by atoms with E-state index in [2.05, 4.69) is 16.7 Å². The molecule has 196 valence electrons. The maximum atomic E-state index is 14.7. The number of carbonyl (C=O) groups is 1. The average molecular weight is 509 g/mol. The SMILES string of the molecule is C=N/C(=C(\N=C(C)COc1cccc([C@@H](CC(=O)O)C2CC2)c1)OC1CCC1)c1cc(OC)ccc1F. The minimum absolute atomic E-state index is 0.0110. The molecule has 0 heterocycles. The van der Waals surface area contributed by atoms with E-state index in [1.54, 1.807) is 13.0 Å². The van der Waals surface area contributed by atoms with Gasteiger partial charge in [-0.2, -0.15) is 0 Å². The highest BCUT2D eigenvalue weighted by Crippen LogP contribution is 2.45. The Morgan fingerprint density at radius 2 is 1.95 bits per heavy atom. The summed E-state index contributed by atoms with van der Waals surface area (Å²) < 4.78 is 32.1. The second kappa shape index (κ2) is 12.0. The molecule has 2 aliphatic carbocycles. The lowest BCUT2D eigenvalue weighted by molar-refractivity contribution is -0.137. The summed E-state index contributed by atoms with van der Waals surface area (Å²) in [5.74, 6) is 0.429. The van der Waals surface area contributed by atoms with Gasteiger partial charge in [-0.25, -0.2) is 9.38 Å². The van der Waals surface area contributed by atoms with Crippen molar-refractivity contribution in [2.24, 2.45) is 15.9 Å². The van der Waals surface area contributed by atoms with Crippen LogP contribution in [0.3, 0.4) is 0 Å². The van der Waals surface area contributed by atoms with E-state index in [1.807, 2.05) is 24.3 Å². The number of rotatable bonds is 13. The summed E-state index contributed by atoms with van der Waals surface area (Å²) in [6.45, 7) is 5.60. The Labute approximate surface area is 216 Å². The zero-order chi connectivity index (χ0) is 26.4. The first-order valence-corrected chi connectivity index (χ1v) is 12.6. The van der Waals surface area contributed by atoms with Crippen LogP contribution in [0.15, 0.2) is 58.3 Å². The number of nitrogens with zero attached hydrogens (tertiary/aromatic N) is 2. The van der Waals surface area contributed by atoms with Crippen molar-refractivity contribution in [2.45, 2.75) is 57.5 Å². The molecule has 2 aromatic rings. The van der Waals surface area contributed by atoms with Crippen molar-refractivity contribution in [3.63, 3.8) is 0 Å². The van der Waals surface area contributed by atoms with Crippen LogP contribution in [0, 0.1) is 11.7 Å². The number of ether oxygens (including phenoxy) is 3. The summed E-state index contributed by atoms with van der Waals surface area (Å²) in [6, 6.07) is 12.0. The first kappa shape index (κ1) is 26.4. The van der Waals surface area contributed by atoms with Crippen LogP contribution in [0.5, 0.6) is 11.5 Å². The molecule has 0 unspecified atom stereocenters. The maximum Gasteiger partial charge on any atom is 0.303 e. The van der Waals surface area contributed by atoms with Gasteiger partial charge in [0.2, 0.25) is 5.88 Å². The van der Waals surface area contributed by atoms with Gasteiger partial charge in [-0.15, -0.1) is 0 Å². The number of hydrogen-bond acceptors (Lipinski definition) is 6. The van der Waals surface area contributed by atoms with E-state index in [0.717, 1.165) is 37.7 Å². The molecule has 2 aromatic carbocycles. The van der Waals surface area contributed by atoms with Gasteiger partial charge in [0.15, 0.2) is 0 Å². The van der Waals surface area contributed by atoms with Crippen LogP contribution < -0.4 is 9.47 Å². The van der Waals surface area contributed by atoms with Crippen LogP contribution in [0.2, 0.25) is 0 Å². The molecule has 1 atom stereocenters. The Hall–Kier alpha value is -3.68. The Morgan fingerprint density at radius 3 is 2.57 bits per heavy atom. The zero-order valence-corrected chi connectivity index (χ0v) is 21.3. The van der Waals surface area contributed by atoms with E-state index in [1.165, 1.54) is 19.2 Å². The predicted octanol–water partition coefficient (Wildman–Crippen LogP) is 6.24. The van der Waals surface area contributed by atoms with E-state index in [4.69, 9.17) is 14.2 Å². The molecule has 2 saturated carbocycles. The minimum atomic E-state index is -0.795. The standard InChI is InChI=1S/C29H33FN2O5/c1-18(17-36-23-9-4-6-20(14-23)24(16-27(33)34)19-10-11-19)32-29(37-21-7-5-8-21)28(31-2)25-15-22(35-3)12-13-26(25)30/h4,6,9,12-15,19,21,24H,2,5,7-8,10-11,16-17H2,1,3H3,(H,33,34)/b29-28+,32-18?/t24-/m0/s1. The lowest BCUT2D eigenvalue weighted by Gasteiger charge is -2.27. The molecule has 0 spiro atoms. The smallest absolute Gasteiger partial charge is 0.303 e. The summed E-state index contributed by atoms with van der Waals surface area (Å²) >= 11 is 0. The normalized spacial score (nSPS) is 17.3. The van der Waals surface area contributed by atoms with Gasteiger partial charge in [0, 0.05) is 5.56 Å². The maximum absolute atomic E-state index is 14.7. The van der Waals surface area contributed by atoms with Crippen molar-refractivity contribution >= 4 is 24.1 Å². The Bertz CT molecular complexity index is 1200. The van der Waals surface area contributed by atoms with Gasteiger partial charge in [0.25, 0.3) is 0 Å². The van der Waals surface area contributed by atoms with Gasteiger partial charge in [-0.1, -0.05) is 12.1 Å². The molecular weight excluding hydrogens is 475 g/mol.